The van der Waals surface area contributed by atoms with Crippen LogP contribution in [0.3, 0.4) is 0 Å². The van der Waals surface area contributed by atoms with Gasteiger partial charge in [0.25, 0.3) is 0 Å². The third-order valence-corrected chi connectivity index (χ3v) is 5.91. The molecule has 1 aliphatic carbocycles. The molecule has 0 unspecified atom stereocenters. The number of amides is 1. The minimum absolute atomic E-state index is 0.0222. The Morgan fingerprint density at radius 3 is 2.83 bits per heavy atom. The van der Waals surface area contributed by atoms with Crippen molar-refractivity contribution in [3.63, 3.8) is 0 Å². The zero-order valence-electron chi connectivity index (χ0n) is 17.7. The van der Waals surface area contributed by atoms with E-state index < -0.39 is 0 Å². The van der Waals surface area contributed by atoms with Crippen LogP contribution in [-0.4, -0.2) is 22.3 Å². The van der Waals surface area contributed by atoms with E-state index in [9.17, 15) is 4.79 Å². The van der Waals surface area contributed by atoms with Crippen molar-refractivity contribution in [2.24, 2.45) is 0 Å². The number of aryl methyl sites for hydroxylation is 1. The molecule has 2 aromatic carbocycles. The molecule has 1 atom stereocenters. The highest BCUT2D eigenvalue weighted by molar-refractivity contribution is 5.76. The lowest BCUT2D eigenvalue weighted by Crippen LogP contribution is -2.31. The van der Waals surface area contributed by atoms with Crippen molar-refractivity contribution < 1.29 is 9.53 Å². The molecule has 4 rings (SSSR count). The third kappa shape index (κ3) is 4.56. The topological polar surface area (TPSA) is 56.1 Å². The Hall–Kier alpha value is -3.08. The second kappa shape index (κ2) is 9.16. The van der Waals surface area contributed by atoms with Gasteiger partial charge in [0.2, 0.25) is 5.91 Å². The van der Waals surface area contributed by atoms with Crippen molar-refractivity contribution in [1.82, 2.24) is 15.1 Å². The van der Waals surface area contributed by atoms with Gasteiger partial charge in [-0.25, -0.2) is 0 Å². The number of ether oxygens (including phenoxy) is 1. The SMILES string of the molecule is Cc1cccc(OCCC(=O)N[C@@H]2CCCc3c2cnn3Cc2ccccc2)c1C. The van der Waals surface area contributed by atoms with E-state index in [2.05, 4.69) is 52.4 Å². The summed E-state index contributed by atoms with van der Waals surface area (Å²) in [5.74, 6) is 0.874. The van der Waals surface area contributed by atoms with E-state index in [4.69, 9.17) is 4.74 Å². The lowest BCUT2D eigenvalue weighted by atomic mass is 9.92. The predicted molar refractivity (Wildman–Crippen MR) is 118 cm³/mol. The monoisotopic (exact) mass is 403 g/mol. The summed E-state index contributed by atoms with van der Waals surface area (Å²) in [6, 6.07) is 16.4. The molecule has 0 spiro atoms. The summed E-state index contributed by atoms with van der Waals surface area (Å²) in [7, 11) is 0. The van der Waals surface area contributed by atoms with Crippen molar-refractivity contribution in [2.45, 2.75) is 52.1 Å². The molecule has 30 heavy (non-hydrogen) atoms. The largest absolute Gasteiger partial charge is 0.493 e. The highest BCUT2D eigenvalue weighted by Crippen LogP contribution is 2.30. The summed E-state index contributed by atoms with van der Waals surface area (Å²) in [5, 5.41) is 7.80. The van der Waals surface area contributed by atoms with Gasteiger partial charge in [-0.1, -0.05) is 42.5 Å². The summed E-state index contributed by atoms with van der Waals surface area (Å²) in [4.78, 5) is 12.5. The number of rotatable bonds is 7. The van der Waals surface area contributed by atoms with Gasteiger partial charge in [-0.05, 0) is 55.9 Å². The quantitative estimate of drug-likeness (QED) is 0.631. The lowest BCUT2D eigenvalue weighted by molar-refractivity contribution is -0.122. The van der Waals surface area contributed by atoms with Crippen molar-refractivity contribution in [3.8, 4) is 5.75 Å². The fraction of sp³-hybridized carbons (Fsp3) is 0.360. The van der Waals surface area contributed by atoms with Crippen LogP contribution in [-0.2, 0) is 17.8 Å². The van der Waals surface area contributed by atoms with Crippen LogP contribution in [0, 0.1) is 13.8 Å². The van der Waals surface area contributed by atoms with E-state index in [1.54, 1.807) is 0 Å². The zero-order chi connectivity index (χ0) is 20.9. The first-order chi connectivity index (χ1) is 14.6. The zero-order valence-corrected chi connectivity index (χ0v) is 17.7. The van der Waals surface area contributed by atoms with Gasteiger partial charge in [0, 0.05) is 11.3 Å². The Balaban J connectivity index is 1.34. The molecule has 0 saturated heterocycles. The predicted octanol–water partition coefficient (Wildman–Crippen LogP) is 4.51. The van der Waals surface area contributed by atoms with Crippen molar-refractivity contribution in [2.75, 3.05) is 6.61 Å². The highest BCUT2D eigenvalue weighted by atomic mass is 16.5. The van der Waals surface area contributed by atoms with E-state index >= 15 is 0 Å². The first-order valence-corrected chi connectivity index (χ1v) is 10.7. The standard InChI is InChI=1S/C25H29N3O2/c1-18-8-6-13-24(19(18)2)30-15-14-25(29)27-22-11-7-12-23-21(22)16-26-28(23)17-20-9-4-3-5-10-20/h3-6,8-10,13,16,22H,7,11-12,14-15,17H2,1-2H3,(H,27,29)/t22-/m1/s1. The van der Waals surface area contributed by atoms with Crippen LogP contribution in [0.4, 0.5) is 0 Å². The van der Waals surface area contributed by atoms with Gasteiger partial charge in [-0.15, -0.1) is 0 Å². The van der Waals surface area contributed by atoms with Crippen LogP contribution < -0.4 is 10.1 Å². The number of carbonyl (C=O) groups is 1. The maximum absolute atomic E-state index is 12.5. The van der Waals surface area contributed by atoms with E-state index in [1.807, 2.05) is 31.3 Å². The molecule has 1 aliphatic rings. The van der Waals surface area contributed by atoms with Gasteiger partial charge in [0.1, 0.15) is 5.75 Å². The molecule has 1 heterocycles. The van der Waals surface area contributed by atoms with Gasteiger partial charge in [0.05, 0.1) is 31.8 Å². The molecule has 3 aromatic rings. The first-order valence-electron chi connectivity index (χ1n) is 10.7. The molecule has 1 N–H and O–H groups in total. The van der Waals surface area contributed by atoms with Gasteiger partial charge in [-0.2, -0.15) is 5.10 Å². The van der Waals surface area contributed by atoms with Crippen LogP contribution in [0.25, 0.3) is 0 Å². The molecule has 156 valence electrons. The Kier molecular flexibility index (Phi) is 6.17. The van der Waals surface area contributed by atoms with E-state index in [-0.39, 0.29) is 11.9 Å². The Bertz CT molecular complexity index is 1010. The Morgan fingerprint density at radius 2 is 2.00 bits per heavy atom. The number of carbonyl (C=O) groups excluding carboxylic acids is 1. The number of nitrogens with one attached hydrogen (secondary N) is 1. The average Bonchev–Trinajstić information content (AvgIpc) is 3.16. The normalized spacial score (nSPS) is 15.5. The van der Waals surface area contributed by atoms with Gasteiger partial charge in [0.15, 0.2) is 0 Å². The summed E-state index contributed by atoms with van der Waals surface area (Å²) < 4.78 is 7.92. The molecule has 0 fully saturated rings. The highest BCUT2D eigenvalue weighted by Gasteiger charge is 2.25. The summed E-state index contributed by atoms with van der Waals surface area (Å²) in [6.45, 7) is 5.25. The molecular formula is C25H29N3O2. The number of hydrogen-bond donors (Lipinski definition) is 1. The first kappa shape index (κ1) is 20.2. The maximum Gasteiger partial charge on any atom is 0.223 e. The molecule has 0 bridgehead atoms. The van der Waals surface area contributed by atoms with Crippen LogP contribution >= 0.6 is 0 Å². The van der Waals surface area contributed by atoms with Crippen LogP contribution in [0.5, 0.6) is 5.75 Å². The minimum Gasteiger partial charge on any atom is -0.493 e. The molecule has 0 aliphatic heterocycles. The average molecular weight is 404 g/mol. The molecule has 1 amide bonds. The van der Waals surface area contributed by atoms with Crippen molar-refractivity contribution in [1.29, 1.82) is 0 Å². The Labute approximate surface area is 178 Å². The minimum atomic E-state index is 0.0222. The third-order valence-electron chi connectivity index (χ3n) is 5.91. The molecule has 0 radical (unpaired) electrons. The van der Waals surface area contributed by atoms with Crippen LogP contribution in [0.1, 0.15) is 53.3 Å². The van der Waals surface area contributed by atoms with Crippen molar-refractivity contribution in [3.05, 3.63) is 82.7 Å². The van der Waals surface area contributed by atoms with Gasteiger partial charge >= 0.3 is 0 Å². The second-order valence-electron chi connectivity index (χ2n) is 8.00. The lowest BCUT2D eigenvalue weighted by Gasteiger charge is -2.24. The van der Waals surface area contributed by atoms with Crippen LogP contribution in [0.2, 0.25) is 0 Å². The number of benzene rings is 2. The van der Waals surface area contributed by atoms with E-state index in [1.165, 1.54) is 16.8 Å². The molecule has 5 heteroatoms. The summed E-state index contributed by atoms with van der Waals surface area (Å²) in [5.41, 5.74) is 5.95. The molecule has 0 saturated carbocycles. The Morgan fingerprint density at radius 1 is 1.17 bits per heavy atom. The fourth-order valence-corrected chi connectivity index (χ4v) is 4.06. The van der Waals surface area contributed by atoms with Gasteiger partial charge < -0.3 is 10.1 Å². The second-order valence-corrected chi connectivity index (χ2v) is 8.00. The number of nitrogens with zero attached hydrogens (tertiary/aromatic N) is 2. The fourth-order valence-electron chi connectivity index (χ4n) is 4.06. The molecule has 5 nitrogen and oxygen atoms in total. The summed E-state index contributed by atoms with van der Waals surface area (Å²) in [6.07, 6.45) is 5.28. The number of fused-ring (bicyclic) bond motifs is 1. The van der Waals surface area contributed by atoms with Gasteiger partial charge in [-0.3, -0.25) is 9.48 Å². The van der Waals surface area contributed by atoms with Crippen molar-refractivity contribution >= 4 is 5.91 Å². The summed E-state index contributed by atoms with van der Waals surface area (Å²) >= 11 is 0. The smallest absolute Gasteiger partial charge is 0.223 e. The van der Waals surface area contributed by atoms with E-state index in [0.29, 0.717) is 13.0 Å². The van der Waals surface area contributed by atoms with Crippen LogP contribution in [0.15, 0.2) is 54.7 Å². The maximum atomic E-state index is 12.5. The number of aromatic nitrogens is 2. The number of hydrogen-bond acceptors (Lipinski definition) is 3. The molecule has 1 aromatic heterocycles. The molecular weight excluding hydrogens is 374 g/mol. The van der Waals surface area contributed by atoms with E-state index in [0.717, 1.165) is 42.7 Å².